The number of hydrogen-bond acceptors (Lipinski definition) is 4. The third-order valence-corrected chi connectivity index (χ3v) is 3.55. The molecule has 18 heavy (non-hydrogen) atoms. The van der Waals surface area contributed by atoms with Crippen LogP contribution in [0.5, 0.6) is 0 Å². The minimum atomic E-state index is 0.425. The van der Waals surface area contributed by atoms with Crippen LogP contribution in [0.1, 0.15) is 39.0 Å². The van der Waals surface area contributed by atoms with Crippen molar-refractivity contribution < 1.29 is 14.2 Å². The summed E-state index contributed by atoms with van der Waals surface area (Å²) in [6, 6.07) is 0. The molecule has 0 heterocycles. The molecule has 0 amide bonds. The number of nitrogens with two attached hydrogens (primary N) is 1. The molecule has 4 nitrogen and oxygen atoms in total. The summed E-state index contributed by atoms with van der Waals surface area (Å²) in [5.41, 5.74) is 6.13. The van der Waals surface area contributed by atoms with E-state index in [0.29, 0.717) is 31.8 Å². The molecule has 108 valence electrons. The molecular formula is C14H29NO3. The van der Waals surface area contributed by atoms with Gasteiger partial charge in [-0.3, -0.25) is 0 Å². The van der Waals surface area contributed by atoms with E-state index < -0.39 is 0 Å². The quantitative estimate of drug-likeness (QED) is 0.514. The third-order valence-electron chi connectivity index (χ3n) is 3.55. The Morgan fingerprint density at radius 2 is 1.44 bits per heavy atom. The van der Waals surface area contributed by atoms with E-state index in [9.17, 15) is 0 Å². The van der Waals surface area contributed by atoms with Crippen LogP contribution >= 0.6 is 0 Å². The highest BCUT2D eigenvalue weighted by Crippen LogP contribution is 2.47. The van der Waals surface area contributed by atoms with Crippen LogP contribution in [0.25, 0.3) is 0 Å². The maximum atomic E-state index is 5.71. The molecule has 0 aromatic rings. The molecule has 1 saturated carbocycles. The van der Waals surface area contributed by atoms with E-state index in [-0.39, 0.29) is 0 Å². The molecule has 0 spiro atoms. The van der Waals surface area contributed by atoms with Crippen LogP contribution in [-0.2, 0) is 14.2 Å². The van der Waals surface area contributed by atoms with Gasteiger partial charge in [0.1, 0.15) is 0 Å². The van der Waals surface area contributed by atoms with Gasteiger partial charge in [-0.05, 0) is 37.6 Å². The summed E-state index contributed by atoms with van der Waals surface area (Å²) in [4.78, 5) is 0. The van der Waals surface area contributed by atoms with Gasteiger partial charge in [0, 0.05) is 13.2 Å². The molecule has 1 aliphatic carbocycles. The molecule has 1 aliphatic rings. The summed E-state index contributed by atoms with van der Waals surface area (Å²) >= 11 is 0. The Hall–Kier alpha value is -0.160. The lowest BCUT2D eigenvalue weighted by Gasteiger charge is -2.12. The number of hydrogen-bond donors (Lipinski definition) is 1. The van der Waals surface area contributed by atoms with Crippen molar-refractivity contribution in [1.82, 2.24) is 0 Å². The summed E-state index contributed by atoms with van der Waals surface area (Å²) in [5.74, 6) is 0. The van der Waals surface area contributed by atoms with E-state index in [4.69, 9.17) is 19.9 Å². The molecule has 2 N–H and O–H groups in total. The Balaban J connectivity index is 1.71. The van der Waals surface area contributed by atoms with E-state index in [0.717, 1.165) is 32.6 Å². The molecule has 1 fully saturated rings. The zero-order valence-corrected chi connectivity index (χ0v) is 11.8. The normalized spacial score (nSPS) is 17.0. The van der Waals surface area contributed by atoms with E-state index in [1.807, 2.05) is 0 Å². The van der Waals surface area contributed by atoms with Gasteiger partial charge in [0.25, 0.3) is 0 Å². The van der Waals surface area contributed by atoms with Gasteiger partial charge in [-0.1, -0.05) is 13.3 Å². The smallest absolute Gasteiger partial charge is 0.0701 e. The third kappa shape index (κ3) is 7.31. The van der Waals surface area contributed by atoms with Crippen LogP contribution in [0.15, 0.2) is 0 Å². The Morgan fingerprint density at radius 3 is 1.94 bits per heavy atom. The lowest BCUT2D eigenvalue weighted by molar-refractivity contribution is 0.0114. The SMILES string of the molecule is CCCCOCCOCCOCCC1(CN)CC1. The Morgan fingerprint density at radius 1 is 0.889 bits per heavy atom. The fourth-order valence-corrected chi connectivity index (χ4v) is 1.81. The average Bonchev–Trinajstić information content (AvgIpc) is 3.17. The molecule has 0 aliphatic heterocycles. The zero-order valence-electron chi connectivity index (χ0n) is 11.8. The first kappa shape index (κ1) is 15.9. The maximum Gasteiger partial charge on any atom is 0.0701 e. The summed E-state index contributed by atoms with van der Waals surface area (Å²) < 4.78 is 16.3. The molecular weight excluding hydrogens is 230 g/mol. The van der Waals surface area contributed by atoms with E-state index in [1.165, 1.54) is 19.3 Å². The van der Waals surface area contributed by atoms with Crippen LogP contribution in [0.2, 0.25) is 0 Å². The van der Waals surface area contributed by atoms with E-state index >= 15 is 0 Å². The molecule has 0 radical (unpaired) electrons. The van der Waals surface area contributed by atoms with Gasteiger partial charge in [-0.25, -0.2) is 0 Å². The number of ether oxygens (including phenoxy) is 3. The fourth-order valence-electron chi connectivity index (χ4n) is 1.81. The zero-order chi connectivity index (χ0) is 13.1. The molecule has 1 rings (SSSR count). The molecule has 0 bridgehead atoms. The fraction of sp³-hybridized carbons (Fsp3) is 1.00. The molecule has 0 atom stereocenters. The van der Waals surface area contributed by atoms with Crippen molar-refractivity contribution in [3.05, 3.63) is 0 Å². The second-order valence-electron chi connectivity index (χ2n) is 5.14. The van der Waals surface area contributed by atoms with Crippen molar-refractivity contribution in [3.63, 3.8) is 0 Å². The summed E-state index contributed by atoms with van der Waals surface area (Å²) in [7, 11) is 0. The minimum Gasteiger partial charge on any atom is -0.379 e. The van der Waals surface area contributed by atoms with Crippen molar-refractivity contribution >= 4 is 0 Å². The van der Waals surface area contributed by atoms with Crippen LogP contribution in [0, 0.1) is 5.41 Å². The Kier molecular flexibility index (Phi) is 8.59. The van der Waals surface area contributed by atoms with Crippen molar-refractivity contribution in [1.29, 1.82) is 0 Å². The number of rotatable bonds is 13. The minimum absolute atomic E-state index is 0.425. The Labute approximate surface area is 111 Å². The highest BCUT2D eigenvalue weighted by molar-refractivity contribution is 4.93. The maximum absolute atomic E-state index is 5.71. The van der Waals surface area contributed by atoms with Crippen LogP contribution in [0.4, 0.5) is 0 Å². The van der Waals surface area contributed by atoms with Gasteiger partial charge in [0.2, 0.25) is 0 Å². The van der Waals surface area contributed by atoms with Crippen molar-refractivity contribution in [2.24, 2.45) is 11.1 Å². The van der Waals surface area contributed by atoms with Crippen LogP contribution < -0.4 is 5.73 Å². The van der Waals surface area contributed by atoms with Gasteiger partial charge >= 0.3 is 0 Å². The van der Waals surface area contributed by atoms with Gasteiger partial charge in [0.15, 0.2) is 0 Å². The first-order chi connectivity index (χ1) is 8.83. The predicted octanol–water partition coefficient (Wildman–Crippen LogP) is 1.97. The van der Waals surface area contributed by atoms with Crippen LogP contribution in [-0.4, -0.2) is 46.2 Å². The standard InChI is InChI=1S/C14H29NO3/c1-2-3-7-16-9-11-18-12-10-17-8-6-14(13-15)4-5-14/h2-13,15H2,1H3. The Bertz CT molecular complexity index is 195. The first-order valence-corrected chi connectivity index (χ1v) is 7.26. The van der Waals surface area contributed by atoms with Crippen molar-refractivity contribution in [2.75, 3.05) is 46.2 Å². The lowest BCUT2D eigenvalue weighted by atomic mass is 10.0. The second-order valence-corrected chi connectivity index (χ2v) is 5.14. The average molecular weight is 259 g/mol. The highest BCUT2D eigenvalue weighted by Gasteiger charge is 2.40. The highest BCUT2D eigenvalue weighted by atomic mass is 16.5. The predicted molar refractivity (Wildman–Crippen MR) is 72.7 cm³/mol. The topological polar surface area (TPSA) is 53.7 Å². The summed E-state index contributed by atoms with van der Waals surface area (Å²) in [6.07, 6.45) is 5.96. The van der Waals surface area contributed by atoms with Crippen LogP contribution in [0.3, 0.4) is 0 Å². The van der Waals surface area contributed by atoms with Gasteiger partial charge in [-0.15, -0.1) is 0 Å². The van der Waals surface area contributed by atoms with Crippen molar-refractivity contribution in [2.45, 2.75) is 39.0 Å². The molecule has 0 aromatic heterocycles. The molecule has 0 aromatic carbocycles. The molecule has 0 saturated heterocycles. The van der Waals surface area contributed by atoms with Gasteiger partial charge in [0.05, 0.1) is 26.4 Å². The summed E-state index contributed by atoms with van der Waals surface area (Å²) in [6.45, 7) is 7.32. The van der Waals surface area contributed by atoms with Gasteiger partial charge < -0.3 is 19.9 Å². The lowest BCUT2D eigenvalue weighted by Crippen LogP contribution is -2.18. The largest absolute Gasteiger partial charge is 0.379 e. The number of unbranched alkanes of at least 4 members (excludes halogenated alkanes) is 1. The van der Waals surface area contributed by atoms with Crippen molar-refractivity contribution in [3.8, 4) is 0 Å². The first-order valence-electron chi connectivity index (χ1n) is 7.26. The summed E-state index contributed by atoms with van der Waals surface area (Å²) in [5, 5.41) is 0. The van der Waals surface area contributed by atoms with E-state index in [1.54, 1.807) is 0 Å². The second kappa shape index (κ2) is 9.73. The monoisotopic (exact) mass is 259 g/mol. The molecule has 4 heteroatoms. The molecule has 0 unspecified atom stereocenters. The van der Waals surface area contributed by atoms with Gasteiger partial charge in [-0.2, -0.15) is 0 Å². The van der Waals surface area contributed by atoms with E-state index in [2.05, 4.69) is 6.92 Å².